The molecule has 0 aliphatic rings. The van der Waals surface area contributed by atoms with E-state index in [0.29, 0.717) is 39.6 Å². The summed E-state index contributed by atoms with van der Waals surface area (Å²) in [7, 11) is 0. The van der Waals surface area contributed by atoms with Crippen molar-refractivity contribution in [3.8, 4) is 0 Å². The quantitative estimate of drug-likeness (QED) is 0.484. The highest BCUT2D eigenvalue weighted by Crippen LogP contribution is 2.01. The molecule has 19 heavy (non-hydrogen) atoms. The lowest BCUT2D eigenvalue weighted by Gasteiger charge is -2.15. The summed E-state index contributed by atoms with van der Waals surface area (Å²) in [6.07, 6.45) is -0.585. The second kappa shape index (κ2) is 14.1. The lowest BCUT2D eigenvalue weighted by atomic mass is 10.2. The van der Waals surface area contributed by atoms with Crippen LogP contribution in [0.1, 0.15) is 20.3 Å². The molecular weight excluding hydrogens is 253 g/mol. The molecule has 0 saturated carbocycles. The SMILES string of the molecule is CCCOCCOCCOCCOC(C)C(F)CN. The summed E-state index contributed by atoms with van der Waals surface area (Å²) in [5.41, 5.74) is 5.19. The van der Waals surface area contributed by atoms with Gasteiger partial charge in [0.25, 0.3) is 0 Å². The lowest BCUT2D eigenvalue weighted by molar-refractivity contribution is -0.0325. The molecule has 5 nitrogen and oxygen atoms in total. The summed E-state index contributed by atoms with van der Waals surface area (Å²) >= 11 is 0. The Morgan fingerprint density at radius 3 is 1.84 bits per heavy atom. The standard InChI is InChI=1S/C13H28FNO4/c1-3-4-16-5-6-17-7-8-18-9-10-19-12(2)13(14)11-15/h12-13H,3-11,15H2,1-2H3. The Morgan fingerprint density at radius 1 is 0.895 bits per heavy atom. The van der Waals surface area contributed by atoms with Gasteiger partial charge in [-0.15, -0.1) is 0 Å². The molecule has 2 N–H and O–H groups in total. The van der Waals surface area contributed by atoms with E-state index in [0.717, 1.165) is 13.0 Å². The summed E-state index contributed by atoms with van der Waals surface area (Å²) < 4.78 is 34.1. The van der Waals surface area contributed by atoms with Crippen molar-refractivity contribution >= 4 is 0 Å². The largest absolute Gasteiger partial charge is 0.379 e. The minimum Gasteiger partial charge on any atom is -0.379 e. The molecule has 0 saturated heterocycles. The summed E-state index contributed by atoms with van der Waals surface area (Å²) in [5, 5.41) is 0. The van der Waals surface area contributed by atoms with Crippen molar-refractivity contribution < 1.29 is 23.3 Å². The van der Waals surface area contributed by atoms with E-state index in [1.54, 1.807) is 6.92 Å². The zero-order valence-electron chi connectivity index (χ0n) is 12.1. The molecular formula is C13H28FNO4. The maximum atomic E-state index is 13.0. The third-order valence-electron chi connectivity index (χ3n) is 2.44. The van der Waals surface area contributed by atoms with Crippen molar-refractivity contribution in [2.45, 2.75) is 32.5 Å². The highest BCUT2D eigenvalue weighted by atomic mass is 19.1. The molecule has 0 rings (SSSR count). The van der Waals surface area contributed by atoms with E-state index in [2.05, 4.69) is 6.92 Å². The zero-order chi connectivity index (χ0) is 14.3. The molecule has 0 aromatic heterocycles. The maximum Gasteiger partial charge on any atom is 0.138 e. The number of alkyl halides is 1. The van der Waals surface area contributed by atoms with E-state index < -0.39 is 12.3 Å². The monoisotopic (exact) mass is 281 g/mol. The van der Waals surface area contributed by atoms with Crippen LogP contribution in [0.2, 0.25) is 0 Å². The Kier molecular flexibility index (Phi) is 13.9. The maximum absolute atomic E-state index is 13.0. The van der Waals surface area contributed by atoms with E-state index in [1.165, 1.54) is 0 Å². The molecule has 0 aromatic carbocycles. The average Bonchev–Trinajstić information content (AvgIpc) is 2.43. The van der Waals surface area contributed by atoms with Gasteiger partial charge in [-0.05, 0) is 13.3 Å². The number of ether oxygens (including phenoxy) is 4. The average molecular weight is 281 g/mol. The fraction of sp³-hybridized carbons (Fsp3) is 1.00. The molecule has 2 atom stereocenters. The van der Waals surface area contributed by atoms with Gasteiger partial charge in [-0.25, -0.2) is 4.39 Å². The van der Waals surface area contributed by atoms with Gasteiger partial charge in [-0.3, -0.25) is 0 Å². The van der Waals surface area contributed by atoms with Crippen LogP contribution in [0, 0.1) is 0 Å². The van der Waals surface area contributed by atoms with Crippen molar-refractivity contribution in [3.63, 3.8) is 0 Å². The molecule has 0 radical (unpaired) electrons. The van der Waals surface area contributed by atoms with Gasteiger partial charge >= 0.3 is 0 Å². The number of nitrogens with two attached hydrogens (primary N) is 1. The Morgan fingerprint density at radius 2 is 1.37 bits per heavy atom. The first kappa shape index (κ1) is 18.7. The van der Waals surface area contributed by atoms with Crippen LogP contribution in [-0.2, 0) is 18.9 Å². The van der Waals surface area contributed by atoms with E-state index in [4.69, 9.17) is 24.7 Å². The van der Waals surface area contributed by atoms with Crippen LogP contribution in [0.3, 0.4) is 0 Å². The van der Waals surface area contributed by atoms with Crippen molar-refractivity contribution in [1.82, 2.24) is 0 Å². The van der Waals surface area contributed by atoms with Crippen LogP contribution in [0.15, 0.2) is 0 Å². The third-order valence-corrected chi connectivity index (χ3v) is 2.44. The zero-order valence-corrected chi connectivity index (χ0v) is 12.1. The van der Waals surface area contributed by atoms with Gasteiger partial charge in [0.1, 0.15) is 6.17 Å². The Labute approximate surface area is 115 Å². The van der Waals surface area contributed by atoms with Crippen molar-refractivity contribution in [2.75, 3.05) is 52.8 Å². The molecule has 0 spiro atoms. The predicted octanol–water partition coefficient (Wildman–Crippen LogP) is 1.15. The molecule has 0 aromatic rings. The van der Waals surface area contributed by atoms with Crippen molar-refractivity contribution in [2.24, 2.45) is 5.73 Å². The first-order valence-corrected chi connectivity index (χ1v) is 6.91. The fourth-order valence-electron chi connectivity index (χ4n) is 1.28. The van der Waals surface area contributed by atoms with Crippen LogP contribution in [0.25, 0.3) is 0 Å². The summed E-state index contributed by atoms with van der Waals surface area (Å²) in [6.45, 7) is 7.50. The molecule has 0 fully saturated rings. The van der Waals surface area contributed by atoms with Crippen molar-refractivity contribution in [3.05, 3.63) is 0 Å². The third kappa shape index (κ3) is 12.5. The van der Waals surface area contributed by atoms with Gasteiger partial charge in [-0.1, -0.05) is 6.92 Å². The van der Waals surface area contributed by atoms with Crippen LogP contribution >= 0.6 is 0 Å². The molecule has 116 valence electrons. The van der Waals surface area contributed by atoms with Crippen molar-refractivity contribution in [1.29, 1.82) is 0 Å². The van der Waals surface area contributed by atoms with Gasteiger partial charge in [0.2, 0.25) is 0 Å². The summed E-state index contributed by atoms with van der Waals surface area (Å²) in [4.78, 5) is 0. The smallest absolute Gasteiger partial charge is 0.138 e. The Balaban J connectivity index is 3.10. The Bertz CT molecular complexity index is 186. The first-order chi connectivity index (χ1) is 9.22. The Hall–Kier alpha value is -0.270. The van der Waals surface area contributed by atoms with Crippen LogP contribution < -0.4 is 5.73 Å². The van der Waals surface area contributed by atoms with E-state index in [-0.39, 0.29) is 6.54 Å². The second-order valence-corrected chi connectivity index (χ2v) is 4.16. The second-order valence-electron chi connectivity index (χ2n) is 4.16. The number of halogens is 1. The normalized spacial score (nSPS) is 14.5. The number of hydrogen-bond acceptors (Lipinski definition) is 5. The molecule has 0 aliphatic heterocycles. The van der Waals surface area contributed by atoms with Gasteiger partial charge in [-0.2, -0.15) is 0 Å². The lowest BCUT2D eigenvalue weighted by Crippen LogP contribution is -2.30. The highest BCUT2D eigenvalue weighted by Gasteiger charge is 2.14. The van der Waals surface area contributed by atoms with Gasteiger partial charge < -0.3 is 24.7 Å². The topological polar surface area (TPSA) is 62.9 Å². The number of hydrogen-bond donors (Lipinski definition) is 1. The highest BCUT2D eigenvalue weighted by molar-refractivity contribution is 4.64. The van der Waals surface area contributed by atoms with Gasteiger partial charge in [0, 0.05) is 13.2 Å². The van der Waals surface area contributed by atoms with Gasteiger partial charge in [0.05, 0.1) is 45.7 Å². The van der Waals surface area contributed by atoms with Crippen LogP contribution in [-0.4, -0.2) is 65.1 Å². The molecule has 2 unspecified atom stereocenters. The molecule has 0 amide bonds. The van der Waals surface area contributed by atoms with E-state index >= 15 is 0 Å². The molecule has 0 heterocycles. The first-order valence-electron chi connectivity index (χ1n) is 6.91. The molecule has 0 aliphatic carbocycles. The predicted molar refractivity (Wildman–Crippen MR) is 72.1 cm³/mol. The van der Waals surface area contributed by atoms with Crippen LogP contribution in [0.5, 0.6) is 0 Å². The fourth-order valence-corrected chi connectivity index (χ4v) is 1.28. The van der Waals surface area contributed by atoms with E-state index in [9.17, 15) is 4.39 Å². The number of rotatable bonds is 14. The van der Waals surface area contributed by atoms with Crippen LogP contribution in [0.4, 0.5) is 4.39 Å². The minimum atomic E-state index is -1.12. The molecule has 6 heteroatoms. The van der Waals surface area contributed by atoms with E-state index in [1.807, 2.05) is 0 Å². The molecule has 0 bridgehead atoms. The minimum absolute atomic E-state index is 0.0179. The summed E-state index contributed by atoms with van der Waals surface area (Å²) in [6, 6.07) is 0. The summed E-state index contributed by atoms with van der Waals surface area (Å²) in [5.74, 6) is 0. The van der Waals surface area contributed by atoms with Gasteiger partial charge in [0.15, 0.2) is 0 Å².